The van der Waals surface area contributed by atoms with Gasteiger partial charge in [0.2, 0.25) is 0 Å². The molecule has 1 fully saturated rings. The van der Waals surface area contributed by atoms with Crippen molar-refractivity contribution >= 4 is 23.6 Å². The molecule has 1 atom stereocenters. The molecule has 2 heterocycles. The van der Waals surface area contributed by atoms with E-state index in [1.807, 2.05) is 68.4 Å². The van der Waals surface area contributed by atoms with Crippen molar-refractivity contribution in [3.05, 3.63) is 65.7 Å². The number of benzene rings is 2. The Kier molecular flexibility index (Phi) is 6.18. The van der Waals surface area contributed by atoms with E-state index < -0.39 is 17.5 Å². The molecule has 172 valence electrons. The van der Waals surface area contributed by atoms with Crippen molar-refractivity contribution in [3.63, 3.8) is 0 Å². The summed E-state index contributed by atoms with van der Waals surface area (Å²) in [5.41, 5.74) is 1.65. The van der Waals surface area contributed by atoms with E-state index in [1.165, 1.54) is 5.01 Å². The molecule has 0 aliphatic carbocycles. The second-order valence-electron chi connectivity index (χ2n) is 8.25. The molecule has 0 saturated carbocycles. The molecule has 0 bridgehead atoms. The first-order valence-corrected chi connectivity index (χ1v) is 11.2. The number of nitrogens with one attached hydrogen (secondary N) is 1. The second kappa shape index (κ2) is 9.05. The van der Waals surface area contributed by atoms with Crippen molar-refractivity contribution < 1.29 is 19.1 Å². The molecular formula is C25H28N4O4. The number of hydrogen-bond donors (Lipinski definition) is 1. The highest BCUT2D eigenvalue weighted by atomic mass is 16.5. The molecule has 4 rings (SSSR count). The summed E-state index contributed by atoms with van der Waals surface area (Å²) in [4.78, 5) is 39.9. The third-order valence-electron chi connectivity index (χ3n) is 6.52. The van der Waals surface area contributed by atoms with Gasteiger partial charge in [-0.25, -0.2) is 9.80 Å². The minimum absolute atomic E-state index is 0.346. The quantitative estimate of drug-likeness (QED) is 0.657. The molecule has 2 aromatic rings. The molecule has 4 amide bonds. The number of carbonyl (C=O) groups is 3. The van der Waals surface area contributed by atoms with Gasteiger partial charge in [-0.2, -0.15) is 5.10 Å². The van der Waals surface area contributed by atoms with E-state index in [0.717, 1.165) is 21.7 Å². The van der Waals surface area contributed by atoms with E-state index in [9.17, 15) is 14.4 Å². The number of rotatable bonds is 7. The number of hydrogen-bond acceptors (Lipinski definition) is 5. The molecule has 8 heteroatoms. The molecule has 1 saturated heterocycles. The lowest BCUT2D eigenvalue weighted by Crippen LogP contribution is -2.46. The Morgan fingerprint density at radius 2 is 1.76 bits per heavy atom. The Morgan fingerprint density at radius 3 is 2.33 bits per heavy atom. The van der Waals surface area contributed by atoms with E-state index in [0.29, 0.717) is 25.0 Å². The first kappa shape index (κ1) is 22.5. The Balaban J connectivity index is 1.62. The molecule has 0 aromatic heterocycles. The third kappa shape index (κ3) is 4.08. The zero-order valence-electron chi connectivity index (χ0n) is 19.1. The minimum atomic E-state index is -0.948. The van der Waals surface area contributed by atoms with Crippen LogP contribution >= 0.6 is 0 Å². The van der Waals surface area contributed by atoms with Crippen LogP contribution in [0.25, 0.3) is 0 Å². The molecular weight excluding hydrogens is 420 g/mol. The predicted molar refractivity (Wildman–Crippen MR) is 124 cm³/mol. The second-order valence-corrected chi connectivity index (χ2v) is 8.25. The highest BCUT2D eigenvalue weighted by molar-refractivity contribution is 6.09. The Morgan fingerprint density at radius 1 is 1.09 bits per heavy atom. The summed E-state index contributed by atoms with van der Waals surface area (Å²) in [7, 11) is 1.60. The maximum atomic E-state index is 13.4. The van der Waals surface area contributed by atoms with Crippen molar-refractivity contribution in [3.8, 4) is 5.75 Å². The molecule has 33 heavy (non-hydrogen) atoms. The summed E-state index contributed by atoms with van der Waals surface area (Å²) in [5, 5.41) is 8.80. The summed E-state index contributed by atoms with van der Waals surface area (Å²) in [6.45, 7) is 3.35. The van der Waals surface area contributed by atoms with Crippen molar-refractivity contribution in [2.24, 2.45) is 5.10 Å². The molecule has 8 nitrogen and oxygen atoms in total. The summed E-state index contributed by atoms with van der Waals surface area (Å²) in [6.07, 6.45) is 1.45. The van der Waals surface area contributed by atoms with Crippen molar-refractivity contribution in [1.82, 2.24) is 15.2 Å². The largest absolute Gasteiger partial charge is 0.497 e. The standard InChI is InChI=1S/C25H28N4O4/c1-4-25(5-2)23(31)28(24(32)26-25)16-22(30)29-21(18-11-13-19(33-3)14-12-18)15-20(27-29)17-9-7-6-8-10-17/h6-14,21H,4-5,15-16H2,1-3H3,(H,26,32). The number of imide groups is 1. The van der Waals surface area contributed by atoms with Crippen LogP contribution in [0.3, 0.4) is 0 Å². The zero-order valence-corrected chi connectivity index (χ0v) is 19.1. The molecule has 0 spiro atoms. The normalized spacial score (nSPS) is 19.5. The van der Waals surface area contributed by atoms with Crippen molar-refractivity contribution in [1.29, 1.82) is 0 Å². The van der Waals surface area contributed by atoms with Crippen molar-refractivity contribution in [2.45, 2.75) is 44.7 Å². The number of carbonyl (C=O) groups excluding carboxylic acids is 3. The van der Waals surface area contributed by atoms with Crippen LogP contribution in [-0.2, 0) is 9.59 Å². The number of hydrazone groups is 1. The average molecular weight is 449 g/mol. The van der Waals surface area contributed by atoms with Crippen LogP contribution in [0.5, 0.6) is 5.75 Å². The number of urea groups is 1. The van der Waals surface area contributed by atoms with Crippen LogP contribution in [0.1, 0.15) is 50.3 Å². The lowest BCUT2D eigenvalue weighted by atomic mass is 9.93. The van der Waals surface area contributed by atoms with Gasteiger partial charge >= 0.3 is 6.03 Å². The summed E-state index contributed by atoms with van der Waals surface area (Å²) in [5.74, 6) is -0.0554. The fourth-order valence-electron chi connectivity index (χ4n) is 4.39. The van der Waals surface area contributed by atoms with Crippen LogP contribution in [0.2, 0.25) is 0 Å². The summed E-state index contributed by atoms with van der Waals surface area (Å²) in [6, 6.07) is 16.3. The monoisotopic (exact) mass is 448 g/mol. The first-order valence-electron chi connectivity index (χ1n) is 11.2. The van der Waals surface area contributed by atoms with Gasteiger partial charge in [0.15, 0.2) is 0 Å². The van der Waals surface area contributed by atoms with Crippen LogP contribution in [0.15, 0.2) is 59.7 Å². The van der Waals surface area contributed by atoms with Gasteiger partial charge in [0.25, 0.3) is 11.8 Å². The SMILES string of the molecule is CCC1(CC)NC(=O)N(CC(=O)N2N=C(c3ccccc3)CC2c2ccc(OC)cc2)C1=O. The van der Waals surface area contributed by atoms with Gasteiger partial charge < -0.3 is 10.1 Å². The highest BCUT2D eigenvalue weighted by Gasteiger charge is 2.50. The van der Waals surface area contributed by atoms with E-state index in [4.69, 9.17) is 4.74 Å². The lowest BCUT2D eigenvalue weighted by molar-refractivity contribution is -0.140. The third-order valence-corrected chi connectivity index (χ3v) is 6.52. The molecule has 1 unspecified atom stereocenters. The summed E-state index contributed by atoms with van der Waals surface area (Å²) < 4.78 is 5.25. The van der Waals surface area contributed by atoms with Gasteiger partial charge in [0, 0.05) is 6.42 Å². The number of nitrogens with zero attached hydrogens (tertiary/aromatic N) is 3. The van der Waals surface area contributed by atoms with Gasteiger partial charge in [-0.15, -0.1) is 0 Å². The molecule has 2 aliphatic heterocycles. The van der Waals surface area contributed by atoms with Crippen LogP contribution in [-0.4, -0.2) is 52.7 Å². The topological polar surface area (TPSA) is 91.3 Å². The maximum Gasteiger partial charge on any atom is 0.325 e. The smallest absolute Gasteiger partial charge is 0.325 e. The predicted octanol–water partition coefficient (Wildman–Crippen LogP) is 3.48. The van der Waals surface area contributed by atoms with Gasteiger partial charge in [-0.1, -0.05) is 56.3 Å². The Bertz CT molecular complexity index is 1080. The van der Waals surface area contributed by atoms with E-state index in [-0.39, 0.29) is 18.5 Å². The minimum Gasteiger partial charge on any atom is -0.497 e. The van der Waals surface area contributed by atoms with Gasteiger partial charge in [-0.3, -0.25) is 14.5 Å². The van der Waals surface area contributed by atoms with Gasteiger partial charge in [-0.05, 0) is 36.1 Å². The molecule has 2 aromatic carbocycles. The molecule has 2 aliphatic rings. The average Bonchev–Trinajstić information content (AvgIpc) is 3.40. The number of methoxy groups -OCH3 is 1. The number of amides is 4. The molecule has 0 radical (unpaired) electrons. The Labute approximate surface area is 193 Å². The van der Waals surface area contributed by atoms with Crippen LogP contribution < -0.4 is 10.1 Å². The van der Waals surface area contributed by atoms with Crippen LogP contribution in [0, 0.1) is 0 Å². The fourth-order valence-corrected chi connectivity index (χ4v) is 4.39. The molecule has 1 N–H and O–H groups in total. The highest BCUT2D eigenvalue weighted by Crippen LogP contribution is 2.34. The van der Waals surface area contributed by atoms with E-state index in [2.05, 4.69) is 10.4 Å². The summed E-state index contributed by atoms with van der Waals surface area (Å²) >= 11 is 0. The first-order chi connectivity index (χ1) is 15.9. The van der Waals surface area contributed by atoms with Crippen molar-refractivity contribution in [2.75, 3.05) is 13.7 Å². The van der Waals surface area contributed by atoms with E-state index >= 15 is 0 Å². The van der Waals surface area contributed by atoms with E-state index in [1.54, 1.807) is 7.11 Å². The Hall–Kier alpha value is -3.68. The van der Waals surface area contributed by atoms with Gasteiger partial charge in [0.05, 0.1) is 18.9 Å². The van der Waals surface area contributed by atoms with Crippen LogP contribution in [0.4, 0.5) is 4.79 Å². The lowest BCUT2D eigenvalue weighted by Gasteiger charge is -2.25. The fraction of sp³-hybridized carbons (Fsp3) is 0.360. The zero-order chi connectivity index (χ0) is 23.6. The number of ether oxygens (including phenoxy) is 1. The van der Waals surface area contributed by atoms with Gasteiger partial charge in [0.1, 0.15) is 17.8 Å². The maximum absolute atomic E-state index is 13.4.